The molecular formula is C28H28FN5O2. The molecule has 1 N–H and O–H groups in total. The van der Waals surface area contributed by atoms with Crippen molar-refractivity contribution < 1.29 is 14.0 Å². The van der Waals surface area contributed by atoms with Gasteiger partial charge in [-0.2, -0.15) is 5.10 Å². The number of Topliss-reactive ketones (excluding diaryl/α,β-unsaturated/α-hetero) is 1. The van der Waals surface area contributed by atoms with E-state index in [1.165, 1.54) is 17.5 Å². The fourth-order valence-electron chi connectivity index (χ4n) is 4.23. The van der Waals surface area contributed by atoms with Crippen LogP contribution in [0.3, 0.4) is 0 Å². The number of aromatic nitrogens is 4. The van der Waals surface area contributed by atoms with Gasteiger partial charge in [-0.15, -0.1) is 0 Å². The molecular weight excluding hydrogens is 457 g/mol. The number of para-hydroxylation sites is 1. The zero-order valence-corrected chi connectivity index (χ0v) is 19.9. The molecule has 0 radical (unpaired) electrons. The van der Waals surface area contributed by atoms with Gasteiger partial charge in [0, 0.05) is 42.0 Å². The van der Waals surface area contributed by atoms with Crippen LogP contribution in [0.25, 0.3) is 16.8 Å². The lowest BCUT2D eigenvalue weighted by atomic mass is 10.1. The predicted octanol–water partition coefficient (Wildman–Crippen LogP) is 5.61. The van der Waals surface area contributed by atoms with Crippen LogP contribution in [-0.2, 0) is 18.0 Å². The van der Waals surface area contributed by atoms with Crippen LogP contribution in [0.1, 0.15) is 48.2 Å². The number of nitrogens with one attached hydrogen (secondary N) is 1. The highest BCUT2D eigenvalue weighted by Crippen LogP contribution is 2.33. The SMILES string of the molecule is O=C(CCCc1cn(-c2ccccc2)c(NC(=O)c2cccc(-c3cnn(CF)c3)c2)n1)CC1CC1. The summed E-state index contributed by atoms with van der Waals surface area (Å²) in [6.45, 7) is -0.709. The van der Waals surface area contributed by atoms with Crippen LogP contribution in [0.5, 0.6) is 0 Å². The number of carbonyl (C=O) groups excluding carboxylic acids is 2. The Bertz CT molecular complexity index is 1360. The Morgan fingerprint density at radius 2 is 1.86 bits per heavy atom. The number of nitrogens with zero attached hydrogens (tertiary/aromatic N) is 4. The zero-order valence-electron chi connectivity index (χ0n) is 19.9. The summed E-state index contributed by atoms with van der Waals surface area (Å²) in [5.74, 6) is 1.05. The highest BCUT2D eigenvalue weighted by Gasteiger charge is 2.24. The van der Waals surface area contributed by atoms with Crippen molar-refractivity contribution in [1.29, 1.82) is 0 Å². The number of anilines is 1. The van der Waals surface area contributed by atoms with E-state index >= 15 is 0 Å². The third-order valence-electron chi connectivity index (χ3n) is 6.33. The van der Waals surface area contributed by atoms with Crippen molar-refractivity contribution >= 4 is 17.6 Å². The fraction of sp³-hybridized carbons (Fsp3) is 0.286. The highest BCUT2D eigenvalue weighted by atomic mass is 19.1. The summed E-state index contributed by atoms with van der Waals surface area (Å²) in [6, 6.07) is 16.8. The molecule has 1 aliphatic rings. The average Bonchev–Trinajstić information content (AvgIpc) is 3.42. The Morgan fingerprint density at radius 3 is 2.61 bits per heavy atom. The lowest BCUT2D eigenvalue weighted by Crippen LogP contribution is -2.15. The first-order valence-corrected chi connectivity index (χ1v) is 12.2. The monoisotopic (exact) mass is 485 g/mol. The van der Waals surface area contributed by atoms with E-state index in [0.29, 0.717) is 42.5 Å². The second-order valence-corrected chi connectivity index (χ2v) is 9.22. The van der Waals surface area contributed by atoms with Gasteiger partial charge in [0.25, 0.3) is 5.91 Å². The minimum absolute atomic E-state index is 0.302. The van der Waals surface area contributed by atoms with Crippen molar-refractivity contribution in [2.75, 3.05) is 5.32 Å². The first kappa shape index (κ1) is 23.7. The fourth-order valence-corrected chi connectivity index (χ4v) is 4.23. The number of ketones is 1. The smallest absolute Gasteiger partial charge is 0.258 e. The van der Waals surface area contributed by atoms with Gasteiger partial charge in [-0.3, -0.25) is 19.5 Å². The molecule has 7 nitrogen and oxygen atoms in total. The standard InChI is InChI=1S/C28H28FN5O2/c29-19-33-17-23(16-30-33)21-6-4-7-22(15-21)27(36)32-28-31-24(8-5-11-26(35)14-20-12-13-20)18-34(28)25-9-2-1-3-10-25/h1-4,6-7,9-10,15-18,20H,5,8,11-14,19H2,(H,31,32,36). The molecule has 0 atom stereocenters. The maximum atomic E-state index is 13.2. The molecule has 1 amide bonds. The first-order chi connectivity index (χ1) is 17.6. The number of benzene rings is 2. The number of alkyl halides is 1. The van der Waals surface area contributed by atoms with Crippen LogP contribution in [0.4, 0.5) is 10.3 Å². The molecule has 1 saturated carbocycles. The van der Waals surface area contributed by atoms with Crippen molar-refractivity contribution in [3.8, 4) is 16.8 Å². The zero-order chi connectivity index (χ0) is 24.9. The summed E-state index contributed by atoms with van der Waals surface area (Å²) in [4.78, 5) is 30.0. The molecule has 2 heterocycles. The number of hydrogen-bond donors (Lipinski definition) is 1. The van der Waals surface area contributed by atoms with Crippen LogP contribution in [-0.4, -0.2) is 31.0 Å². The van der Waals surface area contributed by atoms with Crippen LogP contribution in [0.2, 0.25) is 0 Å². The summed E-state index contributed by atoms with van der Waals surface area (Å²) in [5.41, 5.74) is 3.65. The van der Waals surface area contributed by atoms with Gasteiger partial charge in [0.05, 0.1) is 11.9 Å². The summed E-state index contributed by atoms with van der Waals surface area (Å²) in [5, 5.41) is 6.90. The Hall–Kier alpha value is -4.07. The van der Waals surface area contributed by atoms with Gasteiger partial charge in [0.1, 0.15) is 5.78 Å². The number of aryl methyl sites for hydroxylation is 1. The van der Waals surface area contributed by atoms with E-state index in [9.17, 15) is 14.0 Å². The summed E-state index contributed by atoms with van der Waals surface area (Å²) in [6.07, 6.45) is 10.1. The van der Waals surface area contributed by atoms with Crippen LogP contribution < -0.4 is 5.32 Å². The van der Waals surface area contributed by atoms with Gasteiger partial charge in [-0.1, -0.05) is 30.3 Å². The Balaban J connectivity index is 1.32. The molecule has 0 bridgehead atoms. The molecule has 2 aromatic heterocycles. The molecule has 0 spiro atoms. The largest absolute Gasteiger partial charge is 0.300 e. The van der Waals surface area contributed by atoms with E-state index in [4.69, 9.17) is 0 Å². The quantitative estimate of drug-likeness (QED) is 0.300. The molecule has 4 aromatic rings. The van der Waals surface area contributed by atoms with Crippen LogP contribution in [0, 0.1) is 5.92 Å². The van der Waals surface area contributed by atoms with E-state index in [1.54, 1.807) is 30.6 Å². The molecule has 36 heavy (non-hydrogen) atoms. The van der Waals surface area contributed by atoms with Crippen LogP contribution >= 0.6 is 0 Å². The normalized spacial score (nSPS) is 13.0. The van der Waals surface area contributed by atoms with E-state index in [0.717, 1.165) is 28.9 Å². The summed E-state index contributed by atoms with van der Waals surface area (Å²) < 4.78 is 15.9. The summed E-state index contributed by atoms with van der Waals surface area (Å²) >= 11 is 0. The molecule has 184 valence electrons. The van der Waals surface area contributed by atoms with Crippen molar-refractivity contribution in [3.05, 3.63) is 84.4 Å². The number of carbonyl (C=O) groups is 2. The summed E-state index contributed by atoms with van der Waals surface area (Å²) in [7, 11) is 0. The molecule has 0 aliphatic heterocycles. The minimum Gasteiger partial charge on any atom is -0.300 e. The van der Waals surface area contributed by atoms with E-state index in [2.05, 4.69) is 15.4 Å². The van der Waals surface area contributed by atoms with Gasteiger partial charge < -0.3 is 0 Å². The van der Waals surface area contributed by atoms with Gasteiger partial charge in [0.15, 0.2) is 6.80 Å². The van der Waals surface area contributed by atoms with Crippen LogP contribution in [0.15, 0.2) is 73.2 Å². The van der Waals surface area contributed by atoms with Crippen molar-refractivity contribution in [3.63, 3.8) is 0 Å². The van der Waals surface area contributed by atoms with E-state index in [1.807, 2.05) is 47.2 Å². The third-order valence-corrected chi connectivity index (χ3v) is 6.33. The maximum absolute atomic E-state index is 13.2. The molecule has 5 rings (SSSR count). The highest BCUT2D eigenvalue weighted by molar-refractivity contribution is 6.04. The topological polar surface area (TPSA) is 81.8 Å². The molecule has 2 aromatic carbocycles. The number of halogens is 1. The van der Waals surface area contributed by atoms with E-state index in [-0.39, 0.29) is 5.91 Å². The van der Waals surface area contributed by atoms with Gasteiger partial charge in [-0.05, 0) is 61.4 Å². The average molecular weight is 486 g/mol. The van der Waals surface area contributed by atoms with Crippen molar-refractivity contribution in [2.45, 2.75) is 45.3 Å². The minimum atomic E-state index is -0.709. The second kappa shape index (κ2) is 10.7. The molecule has 0 saturated heterocycles. The maximum Gasteiger partial charge on any atom is 0.258 e. The van der Waals surface area contributed by atoms with E-state index < -0.39 is 6.80 Å². The third kappa shape index (κ3) is 5.76. The molecule has 1 fully saturated rings. The second-order valence-electron chi connectivity index (χ2n) is 9.22. The predicted molar refractivity (Wildman–Crippen MR) is 136 cm³/mol. The number of amides is 1. The number of hydrogen-bond acceptors (Lipinski definition) is 4. The van der Waals surface area contributed by atoms with Gasteiger partial charge >= 0.3 is 0 Å². The molecule has 0 unspecified atom stereocenters. The lowest BCUT2D eigenvalue weighted by Gasteiger charge is -2.09. The van der Waals surface area contributed by atoms with Gasteiger partial charge in [-0.25, -0.2) is 14.1 Å². The Morgan fingerprint density at radius 1 is 1.03 bits per heavy atom. The molecule has 1 aliphatic carbocycles. The lowest BCUT2D eigenvalue weighted by molar-refractivity contribution is -0.119. The molecule has 8 heteroatoms. The van der Waals surface area contributed by atoms with Crippen molar-refractivity contribution in [1.82, 2.24) is 19.3 Å². The number of imidazole rings is 1. The Labute approximate surface area is 209 Å². The van der Waals surface area contributed by atoms with Gasteiger partial charge in [0.2, 0.25) is 5.95 Å². The Kier molecular flexibility index (Phi) is 7.02. The first-order valence-electron chi connectivity index (χ1n) is 12.2. The van der Waals surface area contributed by atoms with Crippen molar-refractivity contribution in [2.24, 2.45) is 5.92 Å². The number of rotatable bonds is 11.